The predicted molar refractivity (Wildman–Crippen MR) is 63.1 cm³/mol. The van der Waals surface area contributed by atoms with Gasteiger partial charge >= 0.3 is 5.97 Å². The van der Waals surface area contributed by atoms with Crippen LogP contribution in [0.1, 0.15) is 23.8 Å². The smallest absolute Gasteiger partial charge is 0.323 e. The van der Waals surface area contributed by atoms with Crippen LogP contribution in [0.5, 0.6) is 0 Å². The van der Waals surface area contributed by atoms with Gasteiger partial charge in [0.2, 0.25) is 0 Å². The number of carbonyl (C=O) groups excluding carboxylic acids is 1. The number of aliphatic carboxylic acids is 1. The number of rotatable bonds is 5. The van der Waals surface area contributed by atoms with E-state index >= 15 is 0 Å². The number of hydrogen-bond donors (Lipinski definition) is 1. The number of nitrogens with zero attached hydrogens (tertiary/aromatic N) is 2. The number of carbonyl (C=O) groups is 2. The van der Waals surface area contributed by atoms with Crippen molar-refractivity contribution in [3.05, 3.63) is 29.0 Å². The van der Waals surface area contributed by atoms with E-state index in [2.05, 4.69) is 4.98 Å². The highest BCUT2D eigenvalue weighted by atomic mass is 35.5. The Morgan fingerprint density at radius 1 is 1.53 bits per heavy atom. The highest BCUT2D eigenvalue weighted by Gasteiger charge is 2.18. The van der Waals surface area contributed by atoms with Gasteiger partial charge in [-0.25, -0.2) is 0 Å². The summed E-state index contributed by atoms with van der Waals surface area (Å²) < 4.78 is 0. The molecule has 17 heavy (non-hydrogen) atoms. The Balaban J connectivity index is 2.87. The van der Waals surface area contributed by atoms with Gasteiger partial charge in [-0.3, -0.25) is 14.6 Å². The molecule has 0 atom stereocenters. The van der Waals surface area contributed by atoms with E-state index in [9.17, 15) is 9.59 Å². The number of carboxylic acid groups (broad SMARTS) is 1. The second-order valence-corrected chi connectivity index (χ2v) is 3.92. The molecule has 1 aromatic heterocycles. The van der Waals surface area contributed by atoms with Crippen LogP contribution in [0.15, 0.2) is 18.3 Å². The van der Waals surface area contributed by atoms with Gasteiger partial charge in [0, 0.05) is 17.8 Å². The lowest BCUT2D eigenvalue weighted by Crippen LogP contribution is -2.36. The number of pyridine rings is 1. The number of amides is 1. The third-order valence-corrected chi connectivity index (χ3v) is 2.28. The maximum Gasteiger partial charge on any atom is 0.323 e. The Hall–Kier alpha value is -1.62. The minimum Gasteiger partial charge on any atom is -0.480 e. The van der Waals surface area contributed by atoms with Crippen molar-refractivity contribution in [2.24, 2.45) is 0 Å². The van der Waals surface area contributed by atoms with Gasteiger partial charge in [0.1, 0.15) is 12.2 Å². The third kappa shape index (κ3) is 4.03. The van der Waals surface area contributed by atoms with Crippen LogP contribution < -0.4 is 0 Å². The molecular weight excluding hydrogens is 244 g/mol. The summed E-state index contributed by atoms with van der Waals surface area (Å²) in [5.74, 6) is -1.47. The maximum absolute atomic E-state index is 12.0. The number of halogens is 1. The molecule has 0 saturated carbocycles. The fourth-order valence-corrected chi connectivity index (χ4v) is 1.53. The second kappa shape index (κ2) is 6.20. The van der Waals surface area contributed by atoms with Crippen molar-refractivity contribution in [3.63, 3.8) is 0 Å². The molecule has 0 unspecified atom stereocenters. The van der Waals surface area contributed by atoms with Crippen molar-refractivity contribution in [1.82, 2.24) is 9.88 Å². The molecule has 0 fully saturated rings. The van der Waals surface area contributed by atoms with E-state index in [1.54, 1.807) is 6.07 Å². The van der Waals surface area contributed by atoms with E-state index in [0.717, 1.165) is 0 Å². The normalized spacial score (nSPS) is 10.0. The molecule has 0 spiro atoms. The third-order valence-electron chi connectivity index (χ3n) is 2.05. The molecule has 1 rings (SSSR count). The quantitative estimate of drug-likeness (QED) is 0.870. The highest BCUT2D eigenvalue weighted by molar-refractivity contribution is 6.30. The molecular formula is C11H13ClN2O3. The first-order valence-electron chi connectivity index (χ1n) is 5.17. The van der Waals surface area contributed by atoms with Crippen LogP contribution in [0.25, 0.3) is 0 Å². The molecule has 5 nitrogen and oxygen atoms in total. The van der Waals surface area contributed by atoms with Gasteiger partial charge in [0.15, 0.2) is 0 Å². The van der Waals surface area contributed by atoms with Crippen LogP contribution in [-0.4, -0.2) is 40.0 Å². The molecule has 6 heteroatoms. The molecule has 0 aliphatic carbocycles. The zero-order chi connectivity index (χ0) is 12.8. The van der Waals surface area contributed by atoms with Crippen LogP contribution in [0.2, 0.25) is 5.02 Å². The average Bonchev–Trinajstić information content (AvgIpc) is 2.27. The minimum atomic E-state index is -1.05. The van der Waals surface area contributed by atoms with E-state index in [1.807, 2.05) is 6.92 Å². The summed E-state index contributed by atoms with van der Waals surface area (Å²) in [4.78, 5) is 27.7. The highest BCUT2D eigenvalue weighted by Crippen LogP contribution is 2.10. The van der Waals surface area contributed by atoms with E-state index in [0.29, 0.717) is 18.0 Å². The van der Waals surface area contributed by atoms with Crippen molar-refractivity contribution in [2.45, 2.75) is 13.3 Å². The first-order valence-corrected chi connectivity index (χ1v) is 5.55. The molecule has 0 aliphatic rings. The zero-order valence-corrected chi connectivity index (χ0v) is 10.1. The summed E-state index contributed by atoms with van der Waals surface area (Å²) in [5, 5.41) is 9.12. The summed E-state index contributed by atoms with van der Waals surface area (Å²) >= 11 is 5.75. The lowest BCUT2D eigenvalue weighted by molar-refractivity contribution is -0.137. The number of hydrogen-bond acceptors (Lipinski definition) is 3. The monoisotopic (exact) mass is 256 g/mol. The zero-order valence-electron chi connectivity index (χ0n) is 9.39. The minimum absolute atomic E-state index is 0.159. The summed E-state index contributed by atoms with van der Waals surface area (Å²) in [6, 6.07) is 2.98. The average molecular weight is 257 g/mol. The molecule has 0 aliphatic heterocycles. The molecule has 92 valence electrons. The van der Waals surface area contributed by atoms with Gasteiger partial charge in [-0.15, -0.1) is 0 Å². The molecule has 0 saturated heterocycles. The molecule has 0 bridgehead atoms. The Bertz CT molecular complexity index is 423. The molecule has 1 amide bonds. The molecule has 1 N–H and O–H groups in total. The van der Waals surface area contributed by atoms with Crippen LogP contribution >= 0.6 is 11.6 Å². The van der Waals surface area contributed by atoms with E-state index in [-0.39, 0.29) is 12.2 Å². The lowest BCUT2D eigenvalue weighted by Gasteiger charge is -2.19. The molecule has 1 aromatic rings. The summed E-state index contributed by atoms with van der Waals surface area (Å²) in [7, 11) is 0. The van der Waals surface area contributed by atoms with Crippen LogP contribution in [-0.2, 0) is 4.79 Å². The van der Waals surface area contributed by atoms with Gasteiger partial charge in [-0.1, -0.05) is 18.5 Å². The summed E-state index contributed by atoms with van der Waals surface area (Å²) in [6.45, 7) is 1.91. The van der Waals surface area contributed by atoms with Crippen LogP contribution in [0, 0.1) is 0 Å². The van der Waals surface area contributed by atoms with Gasteiger partial charge in [0.05, 0.1) is 0 Å². The van der Waals surface area contributed by atoms with Crippen LogP contribution in [0.4, 0.5) is 0 Å². The second-order valence-electron chi connectivity index (χ2n) is 3.48. The van der Waals surface area contributed by atoms with Crippen molar-refractivity contribution in [1.29, 1.82) is 0 Å². The van der Waals surface area contributed by atoms with Gasteiger partial charge < -0.3 is 10.0 Å². The fraction of sp³-hybridized carbons (Fsp3) is 0.364. The Labute approximate surface area is 104 Å². The van der Waals surface area contributed by atoms with Crippen molar-refractivity contribution in [2.75, 3.05) is 13.1 Å². The van der Waals surface area contributed by atoms with Gasteiger partial charge in [0.25, 0.3) is 5.91 Å². The van der Waals surface area contributed by atoms with E-state index in [4.69, 9.17) is 16.7 Å². The van der Waals surface area contributed by atoms with Crippen molar-refractivity contribution < 1.29 is 14.7 Å². The standard InChI is InChI=1S/C11H13ClN2O3/c1-2-5-14(7-10(15)16)11(17)9-6-8(12)3-4-13-9/h3-4,6H,2,5,7H2,1H3,(H,15,16). The molecule has 0 radical (unpaired) electrons. The summed E-state index contributed by atoms with van der Waals surface area (Å²) in [6.07, 6.45) is 2.10. The number of aromatic nitrogens is 1. The van der Waals surface area contributed by atoms with Crippen molar-refractivity contribution in [3.8, 4) is 0 Å². The van der Waals surface area contributed by atoms with Crippen molar-refractivity contribution >= 4 is 23.5 Å². The fourth-order valence-electron chi connectivity index (χ4n) is 1.37. The Morgan fingerprint density at radius 3 is 2.76 bits per heavy atom. The maximum atomic E-state index is 12.0. The van der Waals surface area contributed by atoms with E-state index in [1.165, 1.54) is 17.2 Å². The largest absolute Gasteiger partial charge is 0.480 e. The lowest BCUT2D eigenvalue weighted by atomic mass is 10.3. The first kappa shape index (κ1) is 13.4. The molecule has 1 heterocycles. The topological polar surface area (TPSA) is 70.5 Å². The Morgan fingerprint density at radius 2 is 2.24 bits per heavy atom. The van der Waals surface area contributed by atoms with Crippen LogP contribution in [0.3, 0.4) is 0 Å². The SMILES string of the molecule is CCCN(CC(=O)O)C(=O)c1cc(Cl)ccn1. The first-order chi connectivity index (χ1) is 8.04. The Kier molecular flexibility index (Phi) is 4.90. The molecule has 0 aromatic carbocycles. The van der Waals surface area contributed by atoms with Gasteiger partial charge in [-0.2, -0.15) is 0 Å². The number of carboxylic acids is 1. The van der Waals surface area contributed by atoms with E-state index < -0.39 is 11.9 Å². The van der Waals surface area contributed by atoms with Gasteiger partial charge in [-0.05, 0) is 18.6 Å². The summed E-state index contributed by atoms with van der Waals surface area (Å²) in [5.41, 5.74) is 0.159. The predicted octanol–water partition coefficient (Wildman–Crippen LogP) is 1.67.